The van der Waals surface area contributed by atoms with Crippen molar-refractivity contribution in [2.45, 2.75) is 26.2 Å². The van der Waals surface area contributed by atoms with E-state index in [4.69, 9.17) is 5.73 Å². The van der Waals surface area contributed by atoms with Gasteiger partial charge in [-0.25, -0.2) is 0 Å². The highest BCUT2D eigenvalue weighted by Crippen LogP contribution is 2.58. The van der Waals surface area contributed by atoms with Crippen LogP contribution in [-0.4, -0.2) is 18.3 Å². The molecule has 2 rings (SSSR count). The standard InChI is InChI=1S/C13H19NO/c1-9-3-4-11(5-10(9)2)12-6-13(12,7-14)8-15/h3-5,12,15H,6-8,14H2,1-2H3/t12-,13+/m1/s1. The minimum absolute atomic E-state index is 0.0261. The van der Waals surface area contributed by atoms with E-state index in [1.165, 1.54) is 16.7 Å². The molecule has 1 aromatic carbocycles. The molecule has 0 heterocycles. The Bertz CT molecular complexity index is 369. The first kappa shape index (κ1) is 10.7. The Balaban J connectivity index is 2.23. The fraction of sp³-hybridized carbons (Fsp3) is 0.538. The minimum atomic E-state index is -0.0261. The maximum absolute atomic E-state index is 9.33. The summed E-state index contributed by atoms with van der Waals surface area (Å²) in [5.41, 5.74) is 9.66. The van der Waals surface area contributed by atoms with E-state index < -0.39 is 0 Å². The maximum Gasteiger partial charge on any atom is 0.0505 e. The normalized spacial score (nSPS) is 29.2. The molecule has 1 aromatic rings. The smallest absolute Gasteiger partial charge is 0.0505 e. The molecule has 1 saturated carbocycles. The van der Waals surface area contributed by atoms with Crippen LogP contribution in [0, 0.1) is 19.3 Å². The monoisotopic (exact) mass is 205 g/mol. The number of benzene rings is 1. The summed E-state index contributed by atoms with van der Waals surface area (Å²) in [7, 11) is 0. The topological polar surface area (TPSA) is 46.2 Å². The summed E-state index contributed by atoms with van der Waals surface area (Å²) in [6.07, 6.45) is 1.03. The lowest BCUT2D eigenvalue weighted by atomic mass is 9.97. The molecular formula is C13H19NO. The van der Waals surface area contributed by atoms with Gasteiger partial charge in [-0.15, -0.1) is 0 Å². The van der Waals surface area contributed by atoms with Gasteiger partial charge >= 0.3 is 0 Å². The summed E-state index contributed by atoms with van der Waals surface area (Å²) in [5.74, 6) is 0.465. The highest BCUT2D eigenvalue weighted by molar-refractivity contribution is 5.37. The lowest BCUT2D eigenvalue weighted by molar-refractivity contribution is 0.211. The van der Waals surface area contributed by atoms with E-state index in [0.29, 0.717) is 12.5 Å². The maximum atomic E-state index is 9.33. The molecule has 0 aliphatic heterocycles. The van der Waals surface area contributed by atoms with E-state index in [9.17, 15) is 5.11 Å². The third-order valence-electron chi connectivity index (χ3n) is 3.84. The van der Waals surface area contributed by atoms with Crippen LogP contribution >= 0.6 is 0 Å². The van der Waals surface area contributed by atoms with Crippen LogP contribution in [0.15, 0.2) is 18.2 Å². The van der Waals surface area contributed by atoms with E-state index in [0.717, 1.165) is 6.42 Å². The summed E-state index contributed by atoms with van der Waals surface area (Å²) >= 11 is 0. The lowest BCUT2D eigenvalue weighted by Gasteiger charge is -2.12. The van der Waals surface area contributed by atoms with Crippen molar-refractivity contribution in [1.29, 1.82) is 0 Å². The van der Waals surface area contributed by atoms with Crippen molar-refractivity contribution >= 4 is 0 Å². The van der Waals surface area contributed by atoms with Gasteiger partial charge in [0.25, 0.3) is 0 Å². The average molecular weight is 205 g/mol. The largest absolute Gasteiger partial charge is 0.396 e. The van der Waals surface area contributed by atoms with Crippen molar-refractivity contribution in [2.24, 2.45) is 11.1 Å². The van der Waals surface area contributed by atoms with Gasteiger partial charge in [-0.3, -0.25) is 0 Å². The summed E-state index contributed by atoms with van der Waals surface area (Å²) < 4.78 is 0. The molecule has 0 spiro atoms. The fourth-order valence-corrected chi connectivity index (χ4v) is 2.27. The van der Waals surface area contributed by atoms with Crippen molar-refractivity contribution in [2.75, 3.05) is 13.2 Å². The summed E-state index contributed by atoms with van der Waals surface area (Å²) in [6.45, 7) is 5.04. The van der Waals surface area contributed by atoms with Crippen LogP contribution in [0.4, 0.5) is 0 Å². The third kappa shape index (κ3) is 1.68. The molecule has 1 aliphatic carbocycles. The van der Waals surface area contributed by atoms with Crippen LogP contribution in [-0.2, 0) is 0 Å². The summed E-state index contributed by atoms with van der Waals surface area (Å²) in [5, 5.41) is 9.33. The predicted octanol–water partition coefficient (Wildman–Crippen LogP) is 1.73. The Morgan fingerprint density at radius 2 is 2.13 bits per heavy atom. The molecule has 0 aromatic heterocycles. The van der Waals surface area contributed by atoms with Crippen LogP contribution in [0.5, 0.6) is 0 Å². The molecule has 0 amide bonds. The van der Waals surface area contributed by atoms with Crippen LogP contribution in [0.2, 0.25) is 0 Å². The second kappa shape index (κ2) is 3.62. The Labute approximate surface area is 91.1 Å². The second-order valence-corrected chi connectivity index (χ2v) is 4.83. The van der Waals surface area contributed by atoms with Crippen molar-refractivity contribution < 1.29 is 5.11 Å². The fourth-order valence-electron chi connectivity index (χ4n) is 2.27. The number of aryl methyl sites for hydroxylation is 2. The van der Waals surface area contributed by atoms with E-state index in [-0.39, 0.29) is 12.0 Å². The van der Waals surface area contributed by atoms with Gasteiger partial charge in [0.1, 0.15) is 0 Å². The number of rotatable bonds is 3. The van der Waals surface area contributed by atoms with E-state index in [2.05, 4.69) is 32.0 Å². The van der Waals surface area contributed by atoms with E-state index >= 15 is 0 Å². The molecular weight excluding hydrogens is 186 g/mol. The summed E-state index contributed by atoms with van der Waals surface area (Å²) in [6, 6.07) is 6.55. The van der Waals surface area contributed by atoms with E-state index in [1.807, 2.05) is 0 Å². The van der Waals surface area contributed by atoms with Crippen LogP contribution in [0.25, 0.3) is 0 Å². The highest BCUT2D eigenvalue weighted by Gasteiger charge is 2.53. The molecule has 2 heteroatoms. The van der Waals surface area contributed by atoms with Gasteiger partial charge < -0.3 is 10.8 Å². The van der Waals surface area contributed by atoms with Gasteiger partial charge in [0.05, 0.1) is 6.61 Å². The highest BCUT2D eigenvalue weighted by atomic mass is 16.3. The molecule has 0 unspecified atom stereocenters. The zero-order chi connectivity index (χ0) is 11.1. The molecule has 82 valence electrons. The van der Waals surface area contributed by atoms with Crippen LogP contribution in [0.3, 0.4) is 0 Å². The minimum Gasteiger partial charge on any atom is -0.396 e. The molecule has 1 fully saturated rings. The molecule has 2 atom stereocenters. The number of aliphatic hydroxyl groups is 1. The first-order valence-electron chi connectivity index (χ1n) is 5.51. The van der Waals surface area contributed by atoms with Gasteiger partial charge in [0.15, 0.2) is 0 Å². The average Bonchev–Trinajstić information content (AvgIpc) is 2.97. The number of aliphatic hydroxyl groups excluding tert-OH is 1. The number of nitrogens with two attached hydrogens (primary N) is 1. The number of hydrogen-bond donors (Lipinski definition) is 2. The van der Waals surface area contributed by atoms with Crippen LogP contribution < -0.4 is 5.73 Å². The molecule has 0 radical (unpaired) electrons. The summed E-state index contributed by atoms with van der Waals surface area (Å²) in [4.78, 5) is 0. The molecule has 1 aliphatic rings. The van der Waals surface area contributed by atoms with E-state index in [1.54, 1.807) is 0 Å². The van der Waals surface area contributed by atoms with Gasteiger partial charge in [0.2, 0.25) is 0 Å². The van der Waals surface area contributed by atoms with Crippen molar-refractivity contribution in [1.82, 2.24) is 0 Å². The van der Waals surface area contributed by atoms with Crippen molar-refractivity contribution in [3.8, 4) is 0 Å². The Kier molecular flexibility index (Phi) is 2.57. The predicted molar refractivity (Wildman–Crippen MR) is 61.8 cm³/mol. The quantitative estimate of drug-likeness (QED) is 0.789. The van der Waals surface area contributed by atoms with Gasteiger partial charge in [0, 0.05) is 12.0 Å². The third-order valence-corrected chi connectivity index (χ3v) is 3.84. The second-order valence-electron chi connectivity index (χ2n) is 4.83. The first-order valence-corrected chi connectivity index (χ1v) is 5.51. The number of hydrogen-bond acceptors (Lipinski definition) is 2. The Hall–Kier alpha value is -0.860. The molecule has 0 bridgehead atoms. The van der Waals surface area contributed by atoms with Gasteiger partial charge in [-0.1, -0.05) is 18.2 Å². The van der Waals surface area contributed by atoms with Crippen molar-refractivity contribution in [3.63, 3.8) is 0 Å². The molecule has 3 N–H and O–H groups in total. The molecule has 0 saturated heterocycles. The lowest BCUT2D eigenvalue weighted by Crippen LogP contribution is -2.21. The molecule has 15 heavy (non-hydrogen) atoms. The zero-order valence-corrected chi connectivity index (χ0v) is 9.46. The SMILES string of the molecule is Cc1ccc([C@H]2C[C@]2(CN)CO)cc1C. The van der Waals surface area contributed by atoms with Crippen molar-refractivity contribution in [3.05, 3.63) is 34.9 Å². The van der Waals surface area contributed by atoms with Gasteiger partial charge in [-0.2, -0.15) is 0 Å². The zero-order valence-electron chi connectivity index (χ0n) is 9.46. The Morgan fingerprint density at radius 3 is 2.60 bits per heavy atom. The van der Waals surface area contributed by atoms with Gasteiger partial charge in [-0.05, 0) is 42.9 Å². The first-order chi connectivity index (χ1) is 7.13. The van der Waals surface area contributed by atoms with Crippen LogP contribution in [0.1, 0.15) is 29.0 Å². The molecule has 2 nitrogen and oxygen atoms in total. The Morgan fingerprint density at radius 1 is 1.40 bits per heavy atom.